The number of anilines is 1. The van der Waals surface area contributed by atoms with Crippen molar-refractivity contribution in [1.82, 2.24) is 19.6 Å². The summed E-state index contributed by atoms with van der Waals surface area (Å²) in [6.45, 7) is 5.26. The van der Waals surface area contributed by atoms with Gasteiger partial charge in [0, 0.05) is 32.6 Å². The molecule has 1 aromatic heterocycles. The van der Waals surface area contributed by atoms with Crippen molar-refractivity contribution < 1.29 is 14.4 Å². The fourth-order valence-electron chi connectivity index (χ4n) is 2.42. The summed E-state index contributed by atoms with van der Waals surface area (Å²) in [7, 11) is 1.59. The van der Waals surface area contributed by atoms with Crippen LogP contribution in [-0.2, 0) is 16.1 Å². The molecular weight excluding hydrogens is 298 g/mol. The van der Waals surface area contributed by atoms with Crippen molar-refractivity contribution in [3.8, 4) is 0 Å². The van der Waals surface area contributed by atoms with E-state index in [1.165, 1.54) is 9.80 Å². The summed E-state index contributed by atoms with van der Waals surface area (Å²) in [5.74, 6) is 0.724. The van der Waals surface area contributed by atoms with Crippen LogP contribution in [0.4, 0.5) is 10.6 Å². The van der Waals surface area contributed by atoms with Gasteiger partial charge < -0.3 is 10.2 Å². The molecule has 0 saturated carbocycles. The van der Waals surface area contributed by atoms with Crippen LogP contribution in [0.15, 0.2) is 12.3 Å². The van der Waals surface area contributed by atoms with Crippen LogP contribution in [0.5, 0.6) is 0 Å². The molecule has 1 aliphatic heterocycles. The van der Waals surface area contributed by atoms with Crippen LogP contribution in [-0.4, -0.2) is 57.6 Å². The summed E-state index contributed by atoms with van der Waals surface area (Å²) in [5, 5.41) is 7.00. The van der Waals surface area contributed by atoms with Gasteiger partial charge in [0.05, 0.1) is 6.20 Å². The third kappa shape index (κ3) is 4.30. The molecule has 0 bridgehead atoms. The average Bonchev–Trinajstić information content (AvgIpc) is 2.97. The number of rotatable bonds is 7. The number of amides is 4. The molecule has 1 aromatic rings. The largest absolute Gasteiger partial charge is 0.326 e. The van der Waals surface area contributed by atoms with E-state index in [1.807, 2.05) is 0 Å². The maximum atomic E-state index is 12.0. The van der Waals surface area contributed by atoms with Crippen LogP contribution in [0.3, 0.4) is 0 Å². The van der Waals surface area contributed by atoms with Gasteiger partial charge in [0.2, 0.25) is 11.8 Å². The van der Waals surface area contributed by atoms with Crippen molar-refractivity contribution in [2.75, 3.05) is 25.5 Å². The number of carbonyl (C=O) groups excluding carboxylic acids is 3. The Morgan fingerprint density at radius 3 is 2.74 bits per heavy atom. The van der Waals surface area contributed by atoms with Gasteiger partial charge in [-0.05, 0) is 12.3 Å². The van der Waals surface area contributed by atoms with Gasteiger partial charge in [-0.15, -0.1) is 0 Å². The third-order valence-corrected chi connectivity index (χ3v) is 3.54. The molecule has 126 valence electrons. The summed E-state index contributed by atoms with van der Waals surface area (Å²) in [4.78, 5) is 37.9. The number of hydrogen-bond donors (Lipinski definition) is 1. The Hall–Kier alpha value is -2.38. The fraction of sp³-hybridized carbons (Fsp3) is 0.600. The zero-order valence-electron chi connectivity index (χ0n) is 13.8. The molecule has 0 radical (unpaired) electrons. The van der Waals surface area contributed by atoms with Crippen molar-refractivity contribution in [1.29, 1.82) is 0 Å². The molecule has 23 heavy (non-hydrogen) atoms. The second-order valence-corrected chi connectivity index (χ2v) is 6.13. The van der Waals surface area contributed by atoms with Gasteiger partial charge in [0.15, 0.2) is 0 Å². The van der Waals surface area contributed by atoms with E-state index in [0.29, 0.717) is 18.2 Å². The molecule has 1 aliphatic rings. The van der Waals surface area contributed by atoms with E-state index >= 15 is 0 Å². The monoisotopic (exact) mass is 321 g/mol. The summed E-state index contributed by atoms with van der Waals surface area (Å²) in [6.07, 6.45) is 2.33. The van der Waals surface area contributed by atoms with E-state index < -0.39 is 0 Å². The van der Waals surface area contributed by atoms with Gasteiger partial charge in [-0.25, -0.2) is 9.48 Å². The van der Waals surface area contributed by atoms with Crippen molar-refractivity contribution in [3.05, 3.63) is 12.3 Å². The first-order valence-corrected chi connectivity index (χ1v) is 7.75. The maximum absolute atomic E-state index is 12.0. The highest BCUT2D eigenvalue weighted by Gasteiger charge is 2.32. The molecule has 0 aromatic carbocycles. The molecule has 8 heteroatoms. The Morgan fingerprint density at radius 2 is 2.13 bits per heavy atom. The minimum atomic E-state index is -0.301. The highest BCUT2D eigenvalue weighted by atomic mass is 16.2. The number of hydrogen-bond acceptors (Lipinski definition) is 4. The SMILES string of the molecule is CC(C)Cn1nccc1NC(=O)CCCN1C(=O)CN(C)C1=O. The summed E-state index contributed by atoms with van der Waals surface area (Å²) >= 11 is 0. The van der Waals surface area contributed by atoms with E-state index in [-0.39, 0.29) is 37.4 Å². The van der Waals surface area contributed by atoms with Crippen molar-refractivity contribution in [2.45, 2.75) is 33.2 Å². The van der Waals surface area contributed by atoms with Gasteiger partial charge >= 0.3 is 6.03 Å². The zero-order chi connectivity index (χ0) is 17.0. The zero-order valence-corrected chi connectivity index (χ0v) is 13.8. The van der Waals surface area contributed by atoms with Crippen LogP contribution in [0.2, 0.25) is 0 Å². The Balaban J connectivity index is 1.79. The van der Waals surface area contributed by atoms with E-state index in [2.05, 4.69) is 24.3 Å². The smallest absolute Gasteiger partial charge is 0.318 e. The number of imide groups is 1. The maximum Gasteiger partial charge on any atom is 0.326 e. The number of nitrogens with zero attached hydrogens (tertiary/aromatic N) is 4. The molecule has 0 unspecified atom stereocenters. The van der Waals surface area contributed by atoms with Crippen molar-refractivity contribution in [3.63, 3.8) is 0 Å². The molecule has 2 rings (SSSR count). The highest BCUT2D eigenvalue weighted by molar-refractivity contribution is 6.01. The quantitative estimate of drug-likeness (QED) is 0.763. The van der Waals surface area contributed by atoms with E-state index in [9.17, 15) is 14.4 Å². The predicted molar refractivity (Wildman–Crippen MR) is 84.7 cm³/mol. The predicted octanol–water partition coefficient (Wildman–Crippen LogP) is 1.15. The summed E-state index contributed by atoms with van der Waals surface area (Å²) < 4.78 is 1.76. The summed E-state index contributed by atoms with van der Waals surface area (Å²) in [5.41, 5.74) is 0. The molecular formula is C15H23N5O3. The van der Waals surface area contributed by atoms with E-state index in [0.717, 1.165) is 6.54 Å². The number of aromatic nitrogens is 2. The summed E-state index contributed by atoms with van der Waals surface area (Å²) in [6, 6.07) is 1.45. The molecule has 1 fully saturated rings. The lowest BCUT2D eigenvalue weighted by Gasteiger charge is -2.14. The first-order chi connectivity index (χ1) is 10.9. The second kappa shape index (κ2) is 7.26. The Kier molecular flexibility index (Phi) is 5.36. The van der Waals surface area contributed by atoms with Crippen LogP contribution < -0.4 is 5.32 Å². The number of urea groups is 1. The minimum absolute atomic E-state index is 0.111. The van der Waals surface area contributed by atoms with E-state index in [4.69, 9.17) is 0 Å². The van der Waals surface area contributed by atoms with Crippen LogP contribution in [0.25, 0.3) is 0 Å². The van der Waals surface area contributed by atoms with Gasteiger partial charge in [-0.1, -0.05) is 13.8 Å². The number of likely N-dealkylation sites (N-methyl/N-ethyl adjacent to an activating group) is 1. The van der Waals surface area contributed by atoms with Gasteiger partial charge in [0.25, 0.3) is 0 Å². The van der Waals surface area contributed by atoms with Crippen molar-refractivity contribution in [2.24, 2.45) is 5.92 Å². The third-order valence-electron chi connectivity index (χ3n) is 3.54. The molecule has 0 aliphatic carbocycles. The standard InChI is InChI=1S/C15H23N5O3/c1-11(2)9-20-12(6-7-16-20)17-13(21)5-4-8-19-14(22)10-18(3)15(19)23/h6-7,11H,4-5,8-10H2,1-3H3,(H,17,21). The number of nitrogens with one attached hydrogen (secondary N) is 1. The molecule has 0 spiro atoms. The molecule has 4 amide bonds. The van der Waals surface area contributed by atoms with Gasteiger partial charge in [-0.3, -0.25) is 14.5 Å². The van der Waals surface area contributed by atoms with Crippen LogP contribution in [0.1, 0.15) is 26.7 Å². The van der Waals surface area contributed by atoms with Crippen LogP contribution in [0, 0.1) is 5.92 Å². The molecule has 2 heterocycles. The lowest BCUT2D eigenvalue weighted by atomic mass is 10.2. The number of carbonyl (C=O) groups is 3. The molecule has 1 saturated heterocycles. The Labute approximate surface area is 135 Å². The lowest BCUT2D eigenvalue weighted by molar-refractivity contribution is -0.125. The second-order valence-electron chi connectivity index (χ2n) is 6.13. The van der Waals surface area contributed by atoms with Crippen molar-refractivity contribution >= 4 is 23.7 Å². The molecule has 8 nitrogen and oxygen atoms in total. The van der Waals surface area contributed by atoms with Crippen LogP contribution >= 0.6 is 0 Å². The highest BCUT2D eigenvalue weighted by Crippen LogP contribution is 2.12. The topological polar surface area (TPSA) is 87.5 Å². The molecule has 0 atom stereocenters. The average molecular weight is 321 g/mol. The minimum Gasteiger partial charge on any atom is -0.318 e. The normalized spacial score (nSPS) is 15.0. The van der Waals surface area contributed by atoms with Gasteiger partial charge in [0.1, 0.15) is 12.4 Å². The fourth-order valence-corrected chi connectivity index (χ4v) is 2.42. The van der Waals surface area contributed by atoms with Gasteiger partial charge in [-0.2, -0.15) is 5.10 Å². The molecule has 1 N–H and O–H groups in total. The first kappa shape index (κ1) is 17.0. The Morgan fingerprint density at radius 1 is 1.39 bits per heavy atom. The Bertz CT molecular complexity index is 596. The lowest BCUT2D eigenvalue weighted by Crippen LogP contribution is -2.33. The van der Waals surface area contributed by atoms with E-state index in [1.54, 1.807) is 24.0 Å². The first-order valence-electron chi connectivity index (χ1n) is 7.75.